The molecule has 5 heteroatoms. The maximum absolute atomic E-state index is 11.6. The predicted octanol–water partition coefficient (Wildman–Crippen LogP) is 4.07. The van der Waals surface area contributed by atoms with Crippen molar-refractivity contribution in [1.29, 1.82) is 0 Å². The molecule has 1 aromatic carbocycles. The molecule has 0 radical (unpaired) electrons. The van der Waals surface area contributed by atoms with E-state index in [1.807, 2.05) is 19.1 Å². The average molecular weight is 343 g/mol. The number of hydrogen-bond acceptors (Lipinski definition) is 3. The first kappa shape index (κ1) is 13.7. The number of benzene rings is 1. The highest BCUT2D eigenvalue weighted by molar-refractivity contribution is 9.10. The van der Waals surface area contributed by atoms with Crippen molar-refractivity contribution in [3.8, 4) is 11.3 Å². The van der Waals surface area contributed by atoms with Gasteiger partial charge in [-0.3, -0.25) is 4.98 Å². The smallest absolute Gasteiger partial charge is 0.336 e. The molecule has 0 fully saturated rings. The van der Waals surface area contributed by atoms with E-state index in [1.165, 1.54) is 0 Å². The average Bonchev–Trinajstić information content (AvgIpc) is 2.47. The fraction of sp³-hybridized carbons (Fsp3) is 0.0625. The van der Waals surface area contributed by atoms with E-state index in [1.54, 1.807) is 30.6 Å². The SMILES string of the molecule is Cc1cc(Br)cc2c(C(=O)O)cc(-c3cccnc3)nc12. The lowest BCUT2D eigenvalue weighted by atomic mass is 10.0. The molecule has 21 heavy (non-hydrogen) atoms. The third kappa shape index (κ3) is 2.52. The third-order valence-electron chi connectivity index (χ3n) is 3.26. The van der Waals surface area contributed by atoms with Crippen LogP contribution in [0.2, 0.25) is 0 Å². The van der Waals surface area contributed by atoms with Crippen LogP contribution in [0.5, 0.6) is 0 Å². The molecule has 2 aromatic heterocycles. The van der Waals surface area contributed by atoms with Gasteiger partial charge in [0.25, 0.3) is 0 Å². The number of carbonyl (C=O) groups is 1. The van der Waals surface area contributed by atoms with Gasteiger partial charge in [0, 0.05) is 27.8 Å². The number of aromatic carboxylic acids is 1. The number of carboxylic acids is 1. The molecule has 0 saturated carbocycles. The summed E-state index contributed by atoms with van der Waals surface area (Å²) in [6.07, 6.45) is 3.35. The molecule has 3 aromatic rings. The summed E-state index contributed by atoms with van der Waals surface area (Å²) in [6.45, 7) is 1.92. The predicted molar refractivity (Wildman–Crippen MR) is 84.4 cm³/mol. The Balaban J connectivity index is 2.38. The van der Waals surface area contributed by atoms with Crippen LogP contribution in [0, 0.1) is 6.92 Å². The van der Waals surface area contributed by atoms with Gasteiger partial charge in [-0.2, -0.15) is 0 Å². The number of aromatic nitrogens is 2. The van der Waals surface area contributed by atoms with Crippen LogP contribution in [0.4, 0.5) is 0 Å². The summed E-state index contributed by atoms with van der Waals surface area (Å²) in [4.78, 5) is 20.2. The van der Waals surface area contributed by atoms with E-state index in [0.29, 0.717) is 16.6 Å². The van der Waals surface area contributed by atoms with Gasteiger partial charge in [0.1, 0.15) is 0 Å². The zero-order valence-corrected chi connectivity index (χ0v) is 12.8. The van der Waals surface area contributed by atoms with Crippen LogP contribution >= 0.6 is 15.9 Å². The van der Waals surface area contributed by atoms with Gasteiger partial charge in [-0.15, -0.1) is 0 Å². The Morgan fingerprint density at radius 2 is 2.10 bits per heavy atom. The first-order valence-electron chi connectivity index (χ1n) is 6.31. The van der Waals surface area contributed by atoms with Crippen LogP contribution in [0.3, 0.4) is 0 Å². The lowest BCUT2D eigenvalue weighted by molar-refractivity contribution is 0.0699. The summed E-state index contributed by atoms with van der Waals surface area (Å²) in [5, 5.41) is 10.1. The maximum Gasteiger partial charge on any atom is 0.336 e. The van der Waals surface area contributed by atoms with Crippen molar-refractivity contribution in [2.24, 2.45) is 0 Å². The van der Waals surface area contributed by atoms with Crippen LogP contribution in [0.25, 0.3) is 22.2 Å². The minimum absolute atomic E-state index is 0.239. The Bertz CT molecular complexity index is 848. The number of carboxylic acid groups (broad SMARTS) is 1. The van der Waals surface area contributed by atoms with Crippen molar-refractivity contribution in [3.05, 3.63) is 58.3 Å². The Morgan fingerprint density at radius 3 is 2.76 bits per heavy atom. The van der Waals surface area contributed by atoms with E-state index in [4.69, 9.17) is 0 Å². The van der Waals surface area contributed by atoms with Crippen LogP contribution in [0.15, 0.2) is 47.2 Å². The van der Waals surface area contributed by atoms with E-state index in [9.17, 15) is 9.90 Å². The van der Waals surface area contributed by atoms with Crippen LogP contribution in [0.1, 0.15) is 15.9 Å². The molecule has 0 aliphatic heterocycles. The third-order valence-corrected chi connectivity index (χ3v) is 3.71. The first-order valence-corrected chi connectivity index (χ1v) is 7.10. The second kappa shape index (κ2) is 5.26. The molecular formula is C16H11BrN2O2. The molecule has 0 atom stereocenters. The van der Waals surface area contributed by atoms with Gasteiger partial charge < -0.3 is 5.11 Å². The molecule has 0 amide bonds. The van der Waals surface area contributed by atoms with E-state index >= 15 is 0 Å². The molecule has 0 saturated heterocycles. The molecule has 104 valence electrons. The van der Waals surface area contributed by atoms with E-state index < -0.39 is 5.97 Å². The zero-order valence-electron chi connectivity index (χ0n) is 11.2. The largest absolute Gasteiger partial charge is 0.478 e. The topological polar surface area (TPSA) is 63.1 Å². The van der Waals surface area contributed by atoms with Crippen molar-refractivity contribution >= 4 is 32.8 Å². The second-order valence-corrected chi connectivity index (χ2v) is 5.64. The van der Waals surface area contributed by atoms with Crippen LogP contribution in [-0.4, -0.2) is 21.0 Å². The number of fused-ring (bicyclic) bond motifs is 1. The van der Waals surface area contributed by atoms with Crippen molar-refractivity contribution in [1.82, 2.24) is 9.97 Å². The zero-order chi connectivity index (χ0) is 15.0. The lowest BCUT2D eigenvalue weighted by Gasteiger charge is -2.09. The van der Waals surface area contributed by atoms with Crippen LogP contribution in [-0.2, 0) is 0 Å². The minimum Gasteiger partial charge on any atom is -0.478 e. The van der Waals surface area contributed by atoms with Gasteiger partial charge in [-0.25, -0.2) is 9.78 Å². The Hall–Kier alpha value is -2.27. The summed E-state index contributed by atoms with van der Waals surface area (Å²) in [5.74, 6) is -0.968. The highest BCUT2D eigenvalue weighted by Gasteiger charge is 2.15. The number of rotatable bonds is 2. The standard InChI is InChI=1S/C16H11BrN2O2/c1-9-5-11(17)6-12-13(16(20)21)7-14(19-15(9)12)10-3-2-4-18-8-10/h2-8H,1H3,(H,20,21). The fourth-order valence-corrected chi connectivity index (χ4v) is 2.87. The van der Waals surface area contributed by atoms with Gasteiger partial charge in [-0.05, 0) is 42.8 Å². The summed E-state index contributed by atoms with van der Waals surface area (Å²) in [6, 6.07) is 8.96. The van der Waals surface area contributed by atoms with Gasteiger partial charge in [0.05, 0.1) is 16.8 Å². The molecule has 1 N–H and O–H groups in total. The monoisotopic (exact) mass is 342 g/mol. The first-order chi connectivity index (χ1) is 10.1. The molecule has 0 spiro atoms. The van der Waals surface area contributed by atoms with Crippen molar-refractivity contribution in [2.75, 3.05) is 0 Å². The number of halogens is 1. The van der Waals surface area contributed by atoms with E-state index in [-0.39, 0.29) is 5.56 Å². The molecule has 0 unspecified atom stereocenters. The lowest BCUT2D eigenvalue weighted by Crippen LogP contribution is -2.01. The second-order valence-electron chi connectivity index (χ2n) is 4.72. The Morgan fingerprint density at radius 1 is 1.29 bits per heavy atom. The molecular weight excluding hydrogens is 332 g/mol. The normalized spacial score (nSPS) is 10.8. The number of hydrogen-bond donors (Lipinski definition) is 1. The fourth-order valence-electron chi connectivity index (χ4n) is 2.30. The van der Waals surface area contributed by atoms with Crippen molar-refractivity contribution in [3.63, 3.8) is 0 Å². The number of aryl methyl sites for hydroxylation is 1. The quantitative estimate of drug-likeness (QED) is 0.762. The molecule has 2 heterocycles. The Labute approximate surface area is 129 Å². The summed E-state index contributed by atoms with van der Waals surface area (Å²) in [7, 11) is 0. The van der Waals surface area contributed by atoms with Gasteiger partial charge in [0.2, 0.25) is 0 Å². The highest BCUT2D eigenvalue weighted by atomic mass is 79.9. The van der Waals surface area contributed by atoms with Gasteiger partial charge in [0.15, 0.2) is 0 Å². The highest BCUT2D eigenvalue weighted by Crippen LogP contribution is 2.29. The van der Waals surface area contributed by atoms with E-state index in [2.05, 4.69) is 25.9 Å². The molecule has 0 aliphatic rings. The summed E-state index contributed by atoms with van der Waals surface area (Å²) >= 11 is 3.40. The van der Waals surface area contributed by atoms with Crippen LogP contribution < -0.4 is 0 Å². The Kier molecular flexibility index (Phi) is 3.43. The van der Waals surface area contributed by atoms with Gasteiger partial charge in [-0.1, -0.05) is 15.9 Å². The number of pyridine rings is 2. The molecule has 0 aliphatic carbocycles. The summed E-state index contributed by atoms with van der Waals surface area (Å²) < 4.78 is 0.839. The van der Waals surface area contributed by atoms with Crippen molar-refractivity contribution < 1.29 is 9.90 Å². The maximum atomic E-state index is 11.6. The molecule has 3 rings (SSSR count). The molecule has 0 bridgehead atoms. The summed E-state index contributed by atoms with van der Waals surface area (Å²) in [5.41, 5.74) is 3.26. The molecule has 4 nitrogen and oxygen atoms in total. The minimum atomic E-state index is -0.968. The van der Waals surface area contributed by atoms with Crippen molar-refractivity contribution in [2.45, 2.75) is 6.92 Å². The van der Waals surface area contributed by atoms with Gasteiger partial charge >= 0.3 is 5.97 Å². The van der Waals surface area contributed by atoms with E-state index in [0.717, 1.165) is 15.6 Å². The number of nitrogens with zero attached hydrogens (tertiary/aromatic N) is 2.